The second-order valence-corrected chi connectivity index (χ2v) is 6.54. The van der Waals surface area contributed by atoms with Gasteiger partial charge in [0.2, 0.25) is 0 Å². The van der Waals surface area contributed by atoms with E-state index in [1.165, 1.54) is 63.7 Å². The van der Waals surface area contributed by atoms with Crippen molar-refractivity contribution in [3.63, 3.8) is 0 Å². The average Bonchev–Trinajstić information content (AvgIpc) is 2.51. The Balaban J connectivity index is 1.58. The van der Waals surface area contributed by atoms with Gasteiger partial charge in [-0.2, -0.15) is 0 Å². The van der Waals surface area contributed by atoms with Crippen molar-refractivity contribution < 1.29 is 0 Å². The molecule has 4 N–H and O–H groups in total. The molecule has 0 amide bonds. The molecule has 0 radical (unpaired) electrons. The number of rotatable bonds is 2. The van der Waals surface area contributed by atoms with E-state index in [1.807, 2.05) is 12.1 Å². The van der Waals surface area contributed by atoms with Crippen LogP contribution in [0, 0.1) is 11.8 Å². The number of piperidine rings is 1. The van der Waals surface area contributed by atoms with E-state index in [1.54, 1.807) is 0 Å². The molecule has 1 saturated carbocycles. The summed E-state index contributed by atoms with van der Waals surface area (Å²) in [6.07, 6.45) is 10.0. The van der Waals surface area contributed by atoms with Crippen LogP contribution in [0.4, 0.5) is 17.1 Å². The lowest BCUT2D eigenvalue weighted by molar-refractivity contribution is 0.213. The number of nitrogens with zero attached hydrogens (tertiary/aromatic N) is 1. The molecule has 0 atom stereocenters. The topological polar surface area (TPSA) is 55.3 Å². The summed E-state index contributed by atoms with van der Waals surface area (Å²) in [5.41, 5.74) is 14.3. The summed E-state index contributed by atoms with van der Waals surface area (Å²) in [5.74, 6) is 1.96. The van der Waals surface area contributed by atoms with Gasteiger partial charge < -0.3 is 16.4 Å². The molecule has 20 heavy (non-hydrogen) atoms. The lowest BCUT2D eigenvalue weighted by Crippen LogP contribution is -2.36. The molecule has 0 aromatic heterocycles. The standard InChI is InChI=1S/C17H27N3/c18-16-7-6-15(12-17(16)19)20-10-8-14(9-11-20)13-4-2-1-3-5-13/h6-7,12-14H,1-5,8-11,18-19H2. The molecule has 1 saturated heterocycles. The predicted octanol–water partition coefficient (Wildman–Crippen LogP) is 3.65. The number of hydrogen-bond acceptors (Lipinski definition) is 3. The third kappa shape index (κ3) is 2.87. The minimum absolute atomic E-state index is 0.686. The van der Waals surface area contributed by atoms with Crippen molar-refractivity contribution in [3.05, 3.63) is 18.2 Å². The van der Waals surface area contributed by atoms with Gasteiger partial charge in [-0.05, 0) is 42.9 Å². The molecule has 1 aliphatic heterocycles. The van der Waals surface area contributed by atoms with Crippen molar-refractivity contribution in [2.45, 2.75) is 44.9 Å². The van der Waals surface area contributed by atoms with E-state index in [2.05, 4.69) is 11.0 Å². The number of anilines is 3. The van der Waals surface area contributed by atoms with Crippen LogP contribution in [0.25, 0.3) is 0 Å². The fourth-order valence-electron chi connectivity index (χ4n) is 3.99. The maximum Gasteiger partial charge on any atom is 0.0568 e. The van der Waals surface area contributed by atoms with Crippen molar-refractivity contribution in [2.24, 2.45) is 11.8 Å². The zero-order valence-electron chi connectivity index (χ0n) is 12.4. The molecule has 1 aromatic carbocycles. The Hall–Kier alpha value is -1.38. The van der Waals surface area contributed by atoms with Gasteiger partial charge in [0.25, 0.3) is 0 Å². The lowest BCUT2D eigenvalue weighted by Gasteiger charge is -2.38. The van der Waals surface area contributed by atoms with E-state index >= 15 is 0 Å². The van der Waals surface area contributed by atoms with E-state index in [4.69, 9.17) is 11.5 Å². The molecular formula is C17H27N3. The van der Waals surface area contributed by atoms with Crippen LogP contribution >= 0.6 is 0 Å². The Morgan fingerprint density at radius 1 is 0.800 bits per heavy atom. The van der Waals surface area contributed by atoms with E-state index < -0.39 is 0 Å². The number of benzene rings is 1. The first-order chi connectivity index (χ1) is 9.74. The molecule has 3 rings (SSSR count). The maximum absolute atomic E-state index is 5.92. The van der Waals surface area contributed by atoms with E-state index in [-0.39, 0.29) is 0 Å². The van der Waals surface area contributed by atoms with Crippen LogP contribution < -0.4 is 16.4 Å². The van der Waals surface area contributed by atoms with Gasteiger partial charge in [0.05, 0.1) is 11.4 Å². The summed E-state index contributed by atoms with van der Waals surface area (Å²) in [5, 5.41) is 0. The average molecular weight is 273 g/mol. The Morgan fingerprint density at radius 3 is 2.10 bits per heavy atom. The van der Waals surface area contributed by atoms with E-state index in [0.717, 1.165) is 11.8 Å². The molecule has 1 heterocycles. The first kappa shape index (κ1) is 13.6. The molecule has 3 nitrogen and oxygen atoms in total. The largest absolute Gasteiger partial charge is 0.397 e. The molecular weight excluding hydrogens is 246 g/mol. The summed E-state index contributed by atoms with van der Waals surface area (Å²) in [4.78, 5) is 2.47. The molecule has 110 valence electrons. The van der Waals surface area contributed by atoms with E-state index in [0.29, 0.717) is 11.4 Å². The van der Waals surface area contributed by atoms with Crippen LogP contribution in [0.2, 0.25) is 0 Å². The van der Waals surface area contributed by atoms with Gasteiger partial charge in [-0.3, -0.25) is 0 Å². The van der Waals surface area contributed by atoms with Gasteiger partial charge in [0.15, 0.2) is 0 Å². The third-order valence-corrected chi connectivity index (χ3v) is 5.29. The van der Waals surface area contributed by atoms with Gasteiger partial charge in [-0.1, -0.05) is 32.1 Å². The number of nitrogens with two attached hydrogens (primary N) is 2. The third-order valence-electron chi connectivity index (χ3n) is 5.29. The zero-order chi connectivity index (χ0) is 13.9. The van der Waals surface area contributed by atoms with Gasteiger partial charge in [0, 0.05) is 18.8 Å². The van der Waals surface area contributed by atoms with Crippen LogP contribution in [-0.4, -0.2) is 13.1 Å². The molecule has 0 bridgehead atoms. The molecule has 0 spiro atoms. The van der Waals surface area contributed by atoms with Gasteiger partial charge in [-0.25, -0.2) is 0 Å². The minimum atomic E-state index is 0.686. The Bertz CT molecular complexity index is 444. The lowest BCUT2D eigenvalue weighted by atomic mass is 9.76. The SMILES string of the molecule is Nc1ccc(N2CCC(C3CCCCC3)CC2)cc1N. The molecule has 1 aromatic rings. The van der Waals surface area contributed by atoms with Crippen molar-refractivity contribution in [3.8, 4) is 0 Å². The van der Waals surface area contributed by atoms with Crippen molar-refractivity contribution in [1.29, 1.82) is 0 Å². The maximum atomic E-state index is 5.92. The van der Waals surface area contributed by atoms with Crippen molar-refractivity contribution in [2.75, 3.05) is 29.5 Å². The summed E-state index contributed by atoms with van der Waals surface area (Å²) >= 11 is 0. The fraction of sp³-hybridized carbons (Fsp3) is 0.647. The summed E-state index contributed by atoms with van der Waals surface area (Å²) in [7, 11) is 0. The smallest absolute Gasteiger partial charge is 0.0568 e. The monoisotopic (exact) mass is 273 g/mol. The fourth-order valence-corrected chi connectivity index (χ4v) is 3.99. The zero-order valence-corrected chi connectivity index (χ0v) is 12.4. The van der Waals surface area contributed by atoms with E-state index in [9.17, 15) is 0 Å². The number of nitrogen functional groups attached to an aromatic ring is 2. The van der Waals surface area contributed by atoms with Crippen LogP contribution in [0.3, 0.4) is 0 Å². The Morgan fingerprint density at radius 2 is 1.45 bits per heavy atom. The molecule has 0 unspecified atom stereocenters. The second-order valence-electron chi connectivity index (χ2n) is 6.54. The van der Waals surface area contributed by atoms with Gasteiger partial charge in [-0.15, -0.1) is 0 Å². The Kier molecular flexibility index (Phi) is 4.04. The Labute approximate surface area is 122 Å². The highest BCUT2D eigenvalue weighted by Crippen LogP contribution is 2.36. The van der Waals surface area contributed by atoms with Gasteiger partial charge in [0.1, 0.15) is 0 Å². The highest BCUT2D eigenvalue weighted by molar-refractivity contribution is 5.69. The molecule has 3 heteroatoms. The van der Waals surface area contributed by atoms with Crippen LogP contribution in [0.15, 0.2) is 18.2 Å². The predicted molar refractivity (Wildman–Crippen MR) is 86.8 cm³/mol. The van der Waals surface area contributed by atoms with Crippen LogP contribution in [0.1, 0.15) is 44.9 Å². The summed E-state index contributed by atoms with van der Waals surface area (Å²) in [6.45, 7) is 2.34. The highest BCUT2D eigenvalue weighted by Gasteiger charge is 2.27. The van der Waals surface area contributed by atoms with Crippen LogP contribution in [-0.2, 0) is 0 Å². The first-order valence-corrected chi connectivity index (χ1v) is 8.14. The number of hydrogen-bond donors (Lipinski definition) is 2. The van der Waals surface area contributed by atoms with Crippen molar-refractivity contribution >= 4 is 17.1 Å². The molecule has 2 aliphatic rings. The van der Waals surface area contributed by atoms with Crippen LogP contribution in [0.5, 0.6) is 0 Å². The summed E-state index contributed by atoms with van der Waals surface area (Å²) < 4.78 is 0. The normalized spacial score (nSPS) is 22.1. The quantitative estimate of drug-likeness (QED) is 0.809. The highest BCUT2D eigenvalue weighted by atomic mass is 15.1. The second kappa shape index (κ2) is 5.94. The van der Waals surface area contributed by atoms with Gasteiger partial charge >= 0.3 is 0 Å². The molecule has 2 fully saturated rings. The summed E-state index contributed by atoms with van der Waals surface area (Å²) in [6, 6.07) is 6.06. The van der Waals surface area contributed by atoms with Crippen molar-refractivity contribution in [1.82, 2.24) is 0 Å². The first-order valence-electron chi connectivity index (χ1n) is 8.14. The minimum Gasteiger partial charge on any atom is -0.397 e. The molecule has 1 aliphatic carbocycles.